The summed E-state index contributed by atoms with van der Waals surface area (Å²) in [5.41, 5.74) is 4.91. The van der Waals surface area contributed by atoms with E-state index in [9.17, 15) is 5.21 Å². The van der Waals surface area contributed by atoms with E-state index in [1.54, 1.807) is 0 Å². The molecule has 0 aromatic rings. The van der Waals surface area contributed by atoms with Gasteiger partial charge in [-0.3, -0.25) is 0 Å². The van der Waals surface area contributed by atoms with Crippen molar-refractivity contribution in [3.8, 4) is 0 Å². The van der Waals surface area contributed by atoms with Crippen molar-refractivity contribution in [2.75, 3.05) is 11.5 Å². The first-order chi connectivity index (χ1) is 13.0. The van der Waals surface area contributed by atoms with E-state index < -0.39 is 0 Å². The Morgan fingerprint density at radius 2 is 1.46 bits per heavy atom. The Labute approximate surface area is 178 Å². The third kappa shape index (κ3) is 8.31. The standard InChI is InChI=1S/C25H42NOS/c1-20(2)12-9-13-21(3)14-10-15-22(4)16-11-17-28-19-23-18-24(5,6)26(27)25(23,7)8/h12,14,16,18H,9-11,13,15,17,19H2,1-8H3/q-1/b21-14+,22-16+. The van der Waals surface area contributed by atoms with Gasteiger partial charge in [-0.25, -0.2) is 0 Å². The van der Waals surface area contributed by atoms with E-state index in [4.69, 9.17) is 0 Å². The Kier molecular flexibility index (Phi) is 10.3. The number of allylic oxidation sites excluding steroid dienone is 6. The molecule has 0 fully saturated rings. The predicted molar refractivity (Wildman–Crippen MR) is 129 cm³/mol. The SMILES string of the molecule is CC(C)=CCC/C(C)=C/CC/C(C)=C/CCSCC1=CC(C)(C)N([O-])C1(C)C. The van der Waals surface area contributed by atoms with Crippen molar-refractivity contribution in [2.24, 2.45) is 0 Å². The van der Waals surface area contributed by atoms with E-state index >= 15 is 0 Å². The van der Waals surface area contributed by atoms with Crippen LogP contribution < -0.4 is 0 Å². The quantitative estimate of drug-likeness (QED) is 0.259. The molecule has 160 valence electrons. The highest BCUT2D eigenvalue weighted by Crippen LogP contribution is 2.40. The van der Waals surface area contributed by atoms with E-state index in [1.165, 1.54) is 33.8 Å². The molecule has 0 unspecified atom stereocenters. The fourth-order valence-corrected chi connectivity index (χ4v) is 4.73. The molecule has 0 saturated carbocycles. The minimum Gasteiger partial charge on any atom is -0.784 e. The number of hydrogen-bond donors (Lipinski definition) is 0. The van der Waals surface area contributed by atoms with Crippen LogP contribution in [0.15, 0.2) is 46.6 Å². The van der Waals surface area contributed by atoms with Gasteiger partial charge >= 0.3 is 0 Å². The number of rotatable bonds is 11. The second-order valence-corrected chi connectivity index (χ2v) is 10.6. The Morgan fingerprint density at radius 3 is 1.96 bits per heavy atom. The molecule has 0 N–H and O–H groups in total. The third-order valence-corrected chi connectivity index (χ3v) is 6.52. The summed E-state index contributed by atoms with van der Waals surface area (Å²) in [5, 5.41) is 13.7. The van der Waals surface area contributed by atoms with Gasteiger partial charge in [0.05, 0.1) is 0 Å². The topological polar surface area (TPSA) is 26.3 Å². The smallest absolute Gasteiger partial charge is 0.0263 e. The van der Waals surface area contributed by atoms with Crippen molar-refractivity contribution in [3.63, 3.8) is 0 Å². The Hall–Kier alpha value is -0.770. The largest absolute Gasteiger partial charge is 0.784 e. The summed E-state index contributed by atoms with van der Waals surface area (Å²) in [5.74, 6) is 2.07. The molecule has 0 aromatic carbocycles. The van der Waals surface area contributed by atoms with Crippen LogP contribution in [0, 0.1) is 5.21 Å². The van der Waals surface area contributed by atoms with E-state index in [0.29, 0.717) is 0 Å². The maximum atomic E-state index is 12.4. The number of hydrogen-bond acceptors (Lipinski definition) is 3. The number of thioether (sulfide) groups is 1. The Balaban J connectivity index is 2.28. The molecule has 0 saturated heterocycles. The van der Waals surface area contributed by atoms with Gasteiger partial charge in [0.15, 0.2) is 0 Å². The lowest BCUT2D eigenvalue weighted by Gasteiger charge is -2.47. The summed E-state index contributed by atoms with van der Waals surface area (Å²) in [6.07, 6.45) is 15.0. The van der Waals surface area contributed by atoms with Crippen molar-refractivity contribution < 1.29 is 0 Å². The molecule has 0 atom stereocenters. The summed E-state index contributed by atoms with van der Waals surface area (Å²) in [6, 6.07) is 0. The average molecular weight is 405 g/mol. The zero-order chi connectivity index (χ0) is 21.4. The summed E-state index contributed by atoms with van der Waals surface area (Å²) in [4.78, 5) is 0. The lowest BCUT2D eigenvalue weighted by molar-refractivity contribution is 0.159. The lowest BCUT2D eigenvalue weighted by Crippen LogP contribution is -2.46. The van der Waals surface area contributed by atoms with Crippen LogP contribution in [0.4, 0.5) is 0 Å². The molecule has 1 aliphatic heterocycles. The molecule has 0 bridgehead atoms. The molecule has 0 aromatic heterocycles. The first-order valence-corrected chi connectivity index (χ1v) is 11.8. The van der Waals surface area contributed by atoms with Crippen molar-refractivity contribution in [3.05, 3.63) is 51.8 Å². The van der Waals surface area contributed by atoms with Crippen LogP contribution >= 0.6 is 11.8 Å². The molecular weight excluding hydrogens is 362 g/mol. The van der Waals surface area contributed by atoms with Gasteiger partial charge in [0.1, 0.15) is 0 Å². The Bertz CT molecular complexity index is 618. The number of hydroxylamine groups is 2. The summed E-state index contributed by atoms with van der Waals surface area (Å²) < 4.78 is 0. The molecule has 28 heavy (non-hydrogen) atoms. The molecule has 2 nitrogen and oxygen atoms in total. The highest BCUT2D eigenvalue weighted by molar-refractivity contribution is 7.99. The molecule has 0 spiro atoms. The highest BCUT2D eigenvalue weighted by Gasteiger charge is 2.38. The molecular formula is C25H42NOS-. The molecule has 0 aliphatic carbocycles. The molecule has 1 aliphatic rings. The maximum Gasteiger partial charge on any atom is 0.0263 e. The summed E-state index contributed by atoms with van der Waals surface area (Å²) in [6.45, 7) is 16.9. The van der Waals surface area contributed by atoms with E-state index in [0.717, 1.165) is 37.2 Å². The zero-order valence-electron chi connectivity index (χ0n) is 19.5. The van der Waals surface area contributed by atoms with Gasteiger partial charge in [-0.1, -0.05) is 41.0 Å². The van der Waals surface area contributed by atoms with Crippen LogP contribution in [0.3, 0.4) is 0 Å². The van der Waals surface area contributed by atoms with Gasteiger partial charge < -0.3 is 10.3 Å². The maximum absolute atomic E-state index is 12.4. The lowest BCUT2D eigenvalue weighted by atomic mass is 9.98. The van der Waals surface area contributed by atoms with E-state index in [1.807, 2.05) is 39.5 Å². The molecule has 1 rings (SSSR count). The Morgan fingerprint density at radius 1 is 0.929 bits per heavy atom. The van der Waals surface area contributed by atoms with Crippen molar-refractivity contribution in [2.45, 2.75) is 98.6 Å². The molecule has 0 radical (unpaired) electrons. The number of nitrogens with zero attached hydrogens (tertiary/aromatic N) is 1. The first-order valence-electron chi connectivity index (χ1n) is 10.7. The van der Waals surface area contributed by atoms with Crippen LogP contribution in [-0.2, 0) is 0 Å². The van der Waals surface area contributed by atoms with Gasteiger partial charge in [-0.05, 0) is 98.8 Å². The van der Waals surface area contributed by atoms with Crippen LogP contribution in [0.2, 0.25) is 0 Å². The van der Waals surface area contributed by atoms with Crippen LogP contribution in [0.5, 0.6) is 0 Å². The first kappa shape index (κ1) is 25.3. The fourth-order valence-electron chi connectivity index (χ4n) is 3.64. The zero-order valence-corrected chi connectivity index (χ0v) is 20.3. The van der Waals surface area contributed by atoms with E-state index in [-0.39, 0.29) is 11.1 Å². The minimum absolute atomic E-state index is 0.377. The van der Waals surface area contributed by atoms with Crippen LogP contribution in [-0.4, -0.2) is 27.6 Å². The van der Waals surface area contributed by atoms with E-state index in [2.05, 4.69) is 52.0 Å². The predicted octanol–water partition coefficient (Wildman–Crippen LogP) is 7.83. The monoisotopic (exact) mass is 404 g/mol. The second kappa shape index (κ2) is 11.4. The van der Waals surface area contributed by atoms with Crippen LogP contribution in [0.25, 0.3) is 0 Å². The fraction of sp³-hybridized carbons (Fsp3) is 0.680. The summed E-state index contributed by atoms with van der Waals surface area (Å²) in [7, 11) is 0. The van der Waals surface area contributed by atoms with Crippen LogP contribution in [0.1, 0.15) is 87.5 Å². The van der Waals surface area contributed by atoms with Gasteiger partial charge in [-0.2, -0.15) is 11.8 Å². The van der Waals surface area contributed by atoms with Crippen molar-refractivity contribution in [1.82, 2.24) is 5.06 Å². The normalized spacial score (nSPS) is 19.7. The van der Waals surface area contributed by atoms with Crippen molar-refractivity contribution >= 4 is 11.8 Å². The molecule has 0 amide bonds. The second-order valence-electron chi connectivity index (χ2n) is 9.48. The third-order valence-electron chi connectivity index (χ3n) is 5.48. The van der Waals surface area contributed by atoms with Crippen molar-refractivity contribution in [1.29, 1.82) is 0 Å². The molecule has 3 heteroatoms. The van der Waals surface area contributed by atoms with Gasteiger partial charge in [0.25, 0.3) is 0 Å². The summed E-state index contributed by atoms with van der Waals surface area (Å²) >= 11 is 1.94. The molecule has 1 heterocycles. The van der Waals surface area contributed by atoms with Gasteiger partial charge in [0, 0.05) is 16.8 Å². The van der Waals surface area contributed by atoms with Gasteiger partial charge in [-0.15, -0.1) is 0 Å². The van der Waals surface area contributed by atoms with Gasteiger partial charge in [0.2, 0.25) is 0 Å². The highest BCUT2D eigenvalue weighted by atomic mass is 32.2. The minimum atomic E-state index is -0.382. The average Bonchev–Trinajstić information content (AvgIpc) is 2.73.